The fourth-order valence-corrected chi connectivity index (χ4v) is 1.93. The van der Waals surface area contributed by atoms with Crippen molar-refractivity contribution in [1.29, 1.82) is 0 Å². The van der Waals surface area contributed by atoms with Gasteiger partial charge in [-0.2, -0.15) is 0 Å². The molecule has 21 heavy (non-hydrogen) atoms. The number of rotatable bonds is 4. The van der Waals surface area contributed by atoms with E-state index in [0.717, 1.165) is 11.8 Å². The number of nitrogens with zero attached hydrogens (tertiary/aromatic N) is 3. The molecule has 0 saturated carbocycles. The number of hydrogen-bond acceptors (Lipinski definition) is 3. The molecule has 6 heteroatoms. The highest BCUT2D eigenvalue weighted by molar-refractivity contribution is 5.21. The van der Waals surface area contributed by atoms with Crippen LogP contribution in [-0.4, -0.2) is 15.0 Å². The van der Waals surface area contributed by atoms with Gasteiger partial charge in [-0.05, 0) is 33.8 Å². The first-order chi connectivity index (χ1) is 9.77. The lowest BCUT2D eigenvalue weighted by atomic mass is 10.1. The highest BCUT2D eigenvalue weighted by Crippen LogP contribution is 2.18. The highest BCUT2D eigenvalue weighted by atomic mass is 19.1. The van der Waals surface area contributed by atoms with Gasteiger partial charge >= 0.3 is 0 Å². The Kier molecular flexibility index (Phi) is 4.37. The second-order valence-corrected chi connectivity index (χ2v) is 6.09. The minimum absolute atomic E-state index is 0.125. The molecular formula is C15H20F2N4. The Morgan fingerprint density at radius 2 is 2.00 bits per heavy atom. The van der Waals surface area contributed by atoms with E-state index in [9.17, 15) is 8.78 Å². The summed E-state index contributed by atoms with van der Waals surface area (Å²) in [5.41, 5.74) is 1.08. The maximum absolute atomic E-state index is 13.7. The van der Waals surface area contributed by atoms with Crippen LogP contribution in [0.2, 0.25) is 0 Å². The van der Waals surface area contributed by atoms with Crippen molar-refractivity contribution in [2.24, 2.45) is 0 Å². The molecule has 1 aromatic heterocycles. The van der Waals surface area contributed by atoms with Crippen LogP contribution in [0.4, 0.5) is 8.78 Å². The largest absolute Gasteiger partial charge is 0.304 e. The van der Waals surface area contributed by atoms with Crippen molar-refractivity contribution in [3.8, 4) is 0 Å². The first-order valence-corrected chi connectivity index (χ1v) is 6.87. The monoisotopic (exact) mass is 294 g/mol. The number of aromatic nitrogens is 3. The third-order valence-corrected chi connectivity index (χ3v) is 3.25. The van der Waals surface area contributed by atoms with Crippen molar-refractivity contribution in [3.63, 3.8) is 0 Å². The second kappa shape index (κ2) is 5.89. The van der Waals surface area contributed by atoms with Crippen LogP contribution in [-0.2, 0) is 12.1 Å². The van der Waals surface area contributed by atoms with Gasteiger partial charge in [0.1, 0.15) is 11.6 Å². The summed E-state index contributed by atoms with van der Waals surface area (Å²) in [7, 11) is 0. The van der Waals surface area contributed by atoms with Gasteiger partial charge in [-0.15, -0.1) is 5.10 Å². The summed E-state index contributed by atoms with van der Waals surface area (Å²) in [5.74, 6) is -1.12. The van der Waals surface area contributed by atoms with Gasteiger partial charge in [0.2, 0.25) is 0 Å². The van der Waals surface area contributed by atoms with E-state index in [-0.39, 0.29) is 11.6 Å². The Bertz CT molecular complexity index is 616. The molecule has 4 nitrogen and oxygen atoms in total. The van der Waals surface area contributed by atoms with Crippen molar-refractivity contribution in [3.05, 3.63) is 47.3 Å². The summed E-state index contributed by atoms with van der Waals surface area (Å²) >= 11 is 0. The molecule has 0 radical (unpaired) electrons. The lowest BCUT2D eigenvalue weighted by Crippen LogP contribution is -2.22. The SMILES string of the molecule is CC(NCc1cn(C(C)(C)C)nn1)c1ccc(F)cc1F. The predicted octanol–water partition coefficient (Wildman–Crippen LogP) is 3.16. The smallest absolute Gasteiger partial charge is 0.130 e. The second-order valence-electron chi connectivity index (χ2n) is 6.09. The zero-order valence-corrected chi connectivity index (χ0v) is 12.7. The van der Waals surface area contributed by atoms with Gasteiger partial charge in [0.25, 0.3) is 0 Å². The van der Waals surface area contributed by atoms with E-state index >= 15 is 0 Å². The van der Waals surface area contributed by atoms with Gasteiger partial charge in [0.15, 0.2) is 0 Å². The summed E-state index contributed by atoms with van der Waals surface area (Å²) < 4.78 is 28.4. The van der Waals surface area contributed by atoms with Gasteiger partial charge in [0, 0.05) is 24.2 Å². The van der Waals surface area contributed by atoms with Crippen molar-refractivity contribution in [2.45, 2.75) is 45.8 Å². The molecule has 0 bridgehead atoms. The minimum Gasteiger partial charge on any atom is -0.304 e. The fourth-order valence-electron chi connectivity index (χ4n) is 1.93. The molecule has 0 aliphatic rings. The lowest BCUT2D eigenvalue weighted by Gasteiger charge is -2.17. The van der Waals surface area contributed by atoms with E-state index in [0.29, 0.717) is 12.1 Å². The fraction of sp³-hybridized carbons (Fsp3) is 0.467. The molecule has 1 atom stereocenters. The van der Waals surface area contributed by atoms with Crippen LogP contribution in [0, 0.1) is 11.6 Å². The number of hydrogen-bond donors (Lipinski definition) is 1. The van der Waals surface area contributed by atoms with Crippen LogP contribution in [0.1, 0.15) is 45.0 Å². The van der Waals surface area contributed by atoms with Crippen molar-refractivity contribution in [2.75, 3.05) is 0 Å². The van der Waals surface area contributed by atoms with Gasteiger partial charge in [0.05, 0.1) is 17.4 Å². The third-order valence-electron chi connectivity index (χ3n) is 3.25. The molecule has 1 heterocycles. The average Bonchev–Trinajstić information content (AvgIpc) is 2.84. The molecule has 0 aliphatic heterocycles. The molecule has 0 amide bonds. The lowest BCUT2D eigenvalue weighted by molar-refractivity contribution is 0.347. The molecule has 0 spiro atoms. The Hall–Kier alpha value is -1.82. The number of benzene rings is 1. The van der Waals surface area contributed by atoms with Crippen LogP contribution in [0.15, 0.2) is 24.4 Å². The predicted molar refractivity (Wildman–Crippen MR) is 76.6 cm³/mol. The Morgan fingerprint density at radius 1 is 1.29 bits per heavy atom. The standard InChI is InChI=1S/C15H20F2N4/c1-10(13-6-5-11(16)7-14(13)17)18-8-12-9-21(20-19-12)15(2,3)4/h5-7,9-10,18H,8H2,1-4H3. The maximum Gasteiger partial charge on any atom is 0.130 e. The summed E-state index contributed by atoms with van der Waals surface area (Å²) in [4.78, 5) is 0. The van der Waals surface area contributed by atoms with Gasteiger partial charge < -0.3 is 5.32 Å². The summed E-state index contributed by atoms with van der Waals surface area (Å²) in [6, 6.07) is 3.36. The third kappa shape index (κ3) is 3.85. The van der Waals surface area contributed by atoms with E-state index in [2.05, 4.69) is 15.6 Å². The summed E-state index contributed by atoms with van der Waals surface area (Å²) in [6.07, 6.45) is 1.86. The van der Waals surface area contributed by atoms with Crippen LogP contribution in [0.3, 0.4) is 0 Å². The molecule has 2 aromatic rings. The minimum atomic E-state index is -0.573. The normalized spacial score (nSPS) is 13.4. The zero-order valence-electron chi connectivity index (χ0n) is 12.7. The maximum atomic E-state index is 13.7. The van der Waals surface area contributed by atoms with E-state index in [4.69, 9.17) is 0 Å². The van der Waals surface area contributed by atoms with Gasteiger partial charge in [-0.25, -0.2) is 13.5 Å². The summed E-state index contributed by atoms with van der Waals surface area (Å²) in [6.45, 7) is 8.40. The Morgan fingerprint density at radius 3 is 2.57 bits per heavy atom. The molecule has 1 unspecified atom stereocenters. The molecule has 1 aromatic carbocycles. The topological polar surface area (TPSA) is 42.7 Å². The molecular weight excluding hydrogens is 274 g/mol. The molecule has 0 aliphatic carbocycles. The molecule has 114 valence electrons. The van der Waals surface area contributed by atoms with Crippen molar-refractivity contribution >= 4 is 0 Å². The molecule has 0 fully saturated rings. The summed E-state index contributed by atoms with van der Waals surface area (Å²) in [5, 5.41) is 11.3. The zero-order chi connectivity index (χ0) is 15.6. The van der Waals surface area contributed by atoms with Crippen LogP contribution in [0.5, 0.6) is 0 Å². The number of halogens is 2. The number of nitrogens with one attached hydrogen (secondary N) is 1. The van der Waals surface area contributed by atoms with Crippen LogP contribution < -0.4 is 5.32 Å². The Balaban J connectivity index is 2.01. The Labute approximate surface area is 123 Å². The van der Waals surface area contributed by atoms with Gasteiger partial charge in [-0.3, -0.25) is 0 Å². The highest BCUT2D eigenvalue weighted by Gasteiger charge is 2.16. The van der Waals surface area contributed by atoms with Crippen molar-refractivity contribution < 1.29 is 8.78 Å². The van der Waals surface area contributed by atoms with E-state index in [1.54, 1.807) is 4.68 Å². The van der Waals surface area contributed by atoms with E-state index < -0.39 is 11.6 Å². The first-order valence-electron chi connectivity index (χ1n) is 6.87. The van der Waals surface area contributed by atoms with Crippen LogP contribution >= 0.6 is 0 Å². The average molecular weight is 294 g/mol. The quantitative estimate of drug-likeness (QED) is 0.942. The first kappa shape index (κ1) is 15.6. The molecule has 0 saturated heterocycles. The van der Waals surface area contributed by atoms with E-state index in [1.807, 2.05) is 33.9 Å². The van der Waals surface area contributed by atoms with E-state index in [1.165, 1.54) is 12.1 Å². The van der Waals surface area contributed by atoms with Crippen molar-refractivity contribution in [1.82, 2.24) is 20.3 Å². The molecule has 2 rings (SSSR count). The van der Waals surface area contributed by atoms with Gasteiger partial charge in [-0.1, -0.05) is 11.3 Å². The molecule has 1 N–H and O–H groups in total. The van der Waals surface area contributed by atoms with Crippen LogP contribution in [0.25, 0.3) is 0 Å².